The van der Waals surface area contributed by atoms with Crippen molar-refractivity contribution in [3.05, 3.63) is 0 Å². The molecule has 1 aliphatic rings. The van der Waals surface area contributed by atoms with E-state index in [1.807, 2.05) is 0 Å². The Kier molecular flexibility index (Phi) is 2.26. The molecule has 0 unspecified atom stereocenters. The van der Waals surface area contributed by atoms with Crippen LogP contribution in [0.2, 0.25) is 0 Å². The maximum Gasteiger partial charge on any atom is 0.135 e. The van der Waals surface area contributed by atoms with Crippen LogP contribution in [0, 0.1) is 5.92 Å². The van der Waals surface area contributed by atoms with Crippen LogP contribution in [0.25, 0.3) is 0 Å². The molecule has 0 spiro atoms. The van der Waals surface area contributed by atoms with Crippen LogP contribution in [0.3, 0.4) is 0 Å². The molecule has 0 atom stereocenters. The van der Waals surface area contributed by atoms with Gasteiger partial charge < -0.3 is 0 Å². The lowest BCUT2D eigenvalue weighted by Crippen LogP contribution is -2.21. The van der Waals surface area contributed by atoms with Crippen LogP contribution >= 0.6 is 0 Å². The highest BCUT2D eigenvalue weighted by Gasteiger charge is 2.23. The Labute approximate surface area is 56.4 Å². The number of hydrogen-bond donors (Lipinski definition) is 0. The van der Waals surface area contributed by atoms with Crippen molar-refractivity contribution in [2.24, 2.45) is 5.92 Å². The highest BCUT2D eigenvalue weighted by atomic mass is 16.1. The summed E-state index contributed by atoms with van der Waals surface area (Å²) in [5.74, 6) is 0.966. The fraction of sp³-hybridized carbons (Fsp3) is 0.875. The summed E-state index contributed by atoms with van der Waals surface area (Å²) in [6, 6.07) is 0. The quantitative estimate of drug-likeness (QED) is 0.566. The first kappa shape index (κ1) is 6.79. The lowest BCUT2D eigenvalue weighted by molar-refractivity contribution is -0.125. The van der Waals surface area contributed by atoms with E-state index in [9.17, 15) is 4.79 Å². The van der Waals surface area contributed by atoms with Crippen LogP contribution in [0.15, 0.2) is 0 Å². The third kappa shape index (κ3) is 1.54. The number of hydrogen-bond acceptors (Lipinski definition) is 1. The number of rotatable bonds is 3. The standard InChI is InChI=1S/C8H14O/c1-2-4-8(9)7-5-3-6-7/h7H,2-6H2,1H3. The largest absolute Gasteiger partial charge is 0.299 e. The molecule has 0 heterocycles. The Morgan fingerprint density at radius 2 is 2.22 bits per heavy atom. The van der Waals surface area contributed by atoms with Gasteiger partial charge in [0.25, 0.3) is 0 Å². The molecule has 0 aromatic heterocycles. The number of Topliss-reactive ketones (excluding diaryl/α,β-unsaturated/α-hetero) is 1. The van der Waals surface area contributed by atoms with Gasteiger partial charge in [-0.05, 0) is 19.3 Å². The van der Waals surface area contributed by atoms with Crippen LogP contribution in [0.1, 0.15) is 39.0 Å². The maximum atomic E-state index is 11.0. The topological polar surface area (TPSA) is 17.1 Å². The molecule has 1 nitrogen and oxygen atoms in total. The monoisotopic (exact) mass is 126 g/mol. The molecule has 1 rings (SSSR count). The smallest absolute Gasteiger partial charge is 0.135 e. The number of ketones is 1. The van der Waals surface area contributed by atoms with Gasteiger partial charge in [-0.15, -0.1) is 0 Å². The Morgan fingerprint density at radius 3 is 2.56 bits per heavy atom. The molecule has 1 aliphatic carbocycles. The maximum absolute atomic E-state index is 11.0. The second-order valence-corrected chi connectivity index (χ2v) is 2.84. The van der Waals surface area contributed by atoms with Gasteiger partial charge in [0.05, 0.1) is 0 Å². The molecule has 0 aliphatic heterocycles. The Bertz CT molecular complexity index is 103. The van der Waals surface area contributed by atoms with Gasteiger partial charge in [0, 0.05) is 12.3 Å². The molecule has 0 bridgehead atoms. The molecule has 0 radical (unpaired) electrons. The van der Waals surface area contributed by atoms with Crippen LogP contribution < -0.4 is 0 Å². The average molecular weight is 126 g/mol. The lowest BCUT2D eigenvalue weighted by atomic mass is 9.81. The number of carbonyl (C=O) groups is 1. The first-order valence-corrected chi connectivity index (χ1v) is 3.87. The third-order valence-corrected chi connectivity index (χ3v) is 2.06. The van der Waals surface area contributed by atoms with Crippen molar-refractivity contribution in [1.29, 1.82) is 0 Å². The van der Waals surface area contributed by atoms with E-state index < -0.39 is 0 Å². The first-order chi connectivity index (χ1) is 4.34. The molecule has 0 aromatic carbocycles. The van der Waals surface area contributed by atoms with E-state index in [2.05, 4.69) is 6.92 Å². The van der Waals surface area contributed by atoms with Gasteiger partial charge in [-0.2, -0.15) is 0 Å². The van der Waals surface area contributed by atoms with E-state index in [1.165, 1.54) is 19.3 Å². The third-order valence-electron chi connectivity index (χ3n) is 2.06. The van der Waals surface area contributed by atoms with E-state index in [0.717, 1.165) is 12.8 Å². The van der Waals surface area contributed by atoms with Crippen molar-refractivity contribution in [3.63, 3.8) is 0 Å². The summed E-state index contributed by atoms with van der Waals surface area (Å²) in [6.07, 6.45) is 5.44. The van der Waals surface area contributed by atoms with Crippen molar-refractivity contribution >= 4 is 5.78 Å². The molecule has 0 aromatic rings. The predicted octanol–water partition coefficient (Wildman–Crippen LogP) is 2.16. The van der Waals surface area contributed by atoms with E-state index in [-0.39, 0.29) is 0 Å². The SMILES string of the molecule is CCCC(=O)C1CCC1. The molecule has 9 heavy (non-hydrogen) atoms. The van der Waals surface area contributed by atoms with Gasteiger partial charge in [0.1, 0.15) is 5.78 Å². The van der Waals surface area contributed by atoms with Gasteiger partial charge in [-0.1, -0.05) is 13.3 Å². The molecule has 1 heteroatoms. The van der Waals surface area contributed by atoms with Crippen LogP contribution in [-0.4, -0.2) is 5.78 Å². The Hall–Kier alpha value is -0.330. The second kappa shape index (κ2) is 3.00. The zero-order valence-corrected chi connectivity index (χ0v) is 6.02. The molecule has 0 N–H and O–H groups in total. The van der Waals surface area contributed by atoms with Gasteiger partial charge in [-0.25, -0.2) is 0 Å². The molecule has 1 fully saturated rings. The average Bonchev–Trinajstić information content (AvgIpc) is 1.60. The Balaban J connectivity index is 2.16. The minimum absolute atomic E-state index is 0.463. The molecular formula is C8H14O. The summed E-state index contributed by atoms with van der Waals surface area (Å²) < 4.78 is 0. The Morgan fingerprint density at radius 1 is 1.56 bits per heavy atom. The fourth-order valence-electron chi connectivity index (χ4n) is 1.18. The minimum atomic E-state index is 0.463. The zero-order chi connectivity index (χ0) is 6.69. The van der Waals surface area contributed by atoms with Gasteiger partial charge in [0.15, 0.2) is 0 Å². The second-order valence-electron chi connectivity index (χ2n) is 2.84. The molecule has 0 saturated heterocycles. The number of carbonyl (C=O) groups excluding carboxylic acids is 1. The van der Waals surface area contributed by atoms with Gasteiger partial charge in [0.2, 0.25) is 0 Å². The summed E-state index contributed by atoms with van der Waals surface area (Å²) in [6.45, 7) is 2.07. The highest BCUT2D eigenvalue weighted by molar-refractivity contribution is 5.81. The van der Waals surface area contributed by atoms with Crippen LogP contribution in [0.5, 0.6) is 0 Å². The van der Waals surface area contributed by atoms with E-state index in [4.69, 9.17) is 0 Å². The molecule has 1 saturated carbocycles. The van der Waals surface area contributed by atoms with Crippen molar-refractivity contribution in [2.75, 3.05) is 0 Å². The molecule has 0 amide bonds. The highest BCUT2D eigenvalue weighted by Crippen LogP contribution is 2.28. The van der Waals surface area contributed by atoms with E-state index in [1.54, 1.807) is 0 Å². The van der Waals surface area contributed by atoms with Gasteiger partial charge in [-0.3, -0.25) is 4.79 Å². The fourth-order valence-corrected chi connectivity index (χ4v) is 1.18. The summed E-state index contributed by atoms with van der Waals surface area (Å²) >= 11 is 0. The van der Waals surface area contributed by atoms with E-state index >= 15 is 0 Å². The summed E-state index contributed by atoms with van der Waals surface area (Å²) in [5, 5.41) is 0. The zero-order valence-electron chi connectivity index (χ0n) is 6.02. The van der Waals surface area contributed by atoms with Gasteiger partial charge >= 0.3 is 0 Å². The van der Waals surface area contributed by atoms with Crippen LogP contribution in [0.4, 0.5) is 0 Å². The van der Waals surface area contributed by atoms with Crippen LogP contribution in [-0.2, 0) is 4.79 Å². The normalized spacial score (nSPS) is 19.2. The van der Waals surface area contributed by atoms with Crippen molar-refractivity contribution in [3.8, 4) is 0 Å². The van der Waals surface area contributed by atoms with Crippen molar-refractivity contribution < 1.29 is 4.79 Å². The summed E-state index contributed by atoms with van der Waals surface area (Å²) in [5.41, 5.74) is 0. The summed E-state index contributed by atoms with van der Waals surface area (Å²) in [7, 11) is 0. The van der Waals surface area contributed by atoms with E-state index in [0.29, 0.717) is 11.7 Å². The summed E-state index contributed by atoms with van der Waals surface area (Å²) in [4.78, 5) is 11.0. The van der Waals surface area contributed by atoms with Crippen molar-refractivity contribution in [2.45, 2.75) is 39.0 Å². The predicted molar refractivity (Wildman–Crippen MR) is 37.3 cm³/mol. The lowest BCUT2D eigenvalue weighted by Gasteiger charge is -2.23. The first-order valence-electron chi connectivity index (χ1n) is 3.87. The molecular weight excluding hydrogens is 112 g/mol. The molecule has 52 valence electrons. The van der Waals surface area contributed by atoms with Crippen molar-refractivity contribution in [1.82, 2.24) is 0 Å². The minimum Gasteiger partial charge on any atom is -0.299 e.